The fourth-order valence-corrected chi connectivity index (χ4v) is 4.08. The third kappa shape index (κ3) is 4.12. The van der Waals surface area contributed by atoms with Crippen molar-refractivity contribution < 1.29 is 18.7 Å². The second-order valence-corrected chi connectivity index (χ2v) is 13.7. The Kier molecular flexibility index (Phi) is 5.37. The van der Waals surface area contributed by atoms with Crippen molar-refractivity contribution in [3.8, 4) is 11.3 Å². The van der Waals surface area contributed by atoms with Crippen LogP contribution in [-0.4, -0.2) is 47.3 Å². The SMILES string of the molecule is CC(C)(C)[Si](C)(C)OCC1CN(C(=O)O)Cc2cc(-c3cccc(F)c3)nn21. The maximum Gasteiger partial charge on any atom is 0.407 e. The van der Waals surface area contributed by atoms with Crippen LogP contribution in [0.2, 0.25) is 18.1 Å². The Morgan fingerprint density at radius 3 is 2.68 bits per heavy atom. The number of amides is 1. The molecule has 6 nitrogen and oxygen atoms in total. The molecule has 0 fully saturated rings. The molecule has 0 saturated carbocycles. The number of carbonyl (C=O) groups is 1. The van der Waals surface area contributed by atoms with Gasteiger partial charge in [0.1, 0.15) is 5.82 Å². The number of carboxylic acid groups (broad SMARTS) is 1. The van der Waals surface area contributed by atoms with Crippen molar-refractivity contribution in [2.45, 2.75) is 51.5 Å². The van der Waals surface area contributed by atoms with Crippen molar-refractivity contribution in [1.82, 2.24) is 14.7 Å². The Morgan fingerprint density at radius 1 is 1.36 bits per heavy atom. The van der Waals surface area contributed by atoms with Gasteiger partial charge in [-0.2, -0.15) is 5.10 Å². The molecule has 8 heteroatoms. The zero-order valence-corrected chi connectivity index (χ0v) is 18.1. The van der Waals surface area contributed by atoms with E-state index in [4.69, 9.17) is 4.43 Å². The Balaban J connectivity index is 1.90. The molecule has 1 aliphatic rings. The molecule has 1 amide bonds. The molecule has 0 radical (unpaired) electrons. The highest BCUT2D eigenvalue weighted by atomic mass is 28.4. The van der Waals surface area contributed by atoms with Gasteiger partial charge in [-0.05, 0) is 36.3 Å². The predicted octanol–water partition coefficient (Wildman–Crippen LogP) is 4.75. The normalized spacial score (nSPS) is 17.5. The van der Waals surface area contributed by atoms with Crippen molar-refractivity contribution in [3.05, 3.63) is 41.8 Å². The number of hydrogen-bond donors (Lipinski definition) is 1. The number of benzene rings is 1. The third-order valence-electron chi connectivity index (χ3n) is 5.78. The first-order valence-corrected chi connectivity index (χ1v) is 12.3. The Labute approximate surface area is 166 Å². The van der Waals surface area contributed by atoms with Gasteiger partial charge in [0, 0.05) is 12.1 Å². The zero-order chi connectivity index (χ0) is 20.7. The van der Waals surface area contributed by atoms with Crippen molar-refractivity contribution in [1.29, 1.82) is 0 Å². The summed E-state index contributed by atoms with van der Waals surface area (Å²) in [5.41, 5.74) is 2.10. The standard InChI is InChI=1S/C20H28FN3O3Si/c1-20(2,3)28(4,5)27-13-17-12-23(19(25)26)11-16-10-18(22-24(16)17)14-7-6-8-15(21)9-14/h6-10,17H,11-13H2,1-5H3,(H,25,26). The van der Waals surface area contributed by atoms with Crippen LogP contribution in [-0.2, 0) is 11.0 Å². The average molecular weight is 406 g/mol. The summed E-state index contributed by atoms with van der Waals surface area (Å²) in [5, 5.41) is 14.2. The second-order valence-electron chi connectivity index (χ2n) is 8.86. The molecule has 0 spiro atoms. The minimum Gasteiger partial charge on any atom is -0.465 e. The highest BCUT2D eigenvalue weighted by Crippen LogP contribution is 2.37. The van der Waals surface area contributed by atoms with E-state index in [2.05, 4.69) is 39.0 Å². The summed E-state index contributed by atoms with van der Waals surface area (Å²) in [7, 11) is -1.98. The molecule has 0 bridgehead atoms. The lowest BCUT2D eigenvalue weighted by atomic mass is 10.1. The Hall–Kier alpha value is -2.19. The van der Waals surface area contributed by atoms with E-state index in [9.17, 15) is 14.3 Å². The number of nitrogens with zero attached hydrogens (tertiary/aromatic N) is 3. The van der Waals surface area contributed by atoms with E-state index >= 15 is 0 Å². The van der Waals surface area contributed by atoms with Gasteiger partial charge >= 0.3 is 6.09 Å². The molecule has 1 N–H and O–H groups in total. The molecule has 152 valence electrons. The molecule has 2 aromatic rings. The topological polar surface area (TPSA) is 67.6 Å². The smallest absolute Gasteiger partial charge is 0.407 e. The molecule has 1 aromatic carbocycles. The van der Waals surface area contributed by atoms with E-state index in [1.54, 1.807) is 12.1 Å². The molecule has 1 aromatic heterocycles. The Morgan fingerprint density at radius 2 is 2.07 bits per heavy atom. The van der Waals surface area contributed by atoms with Crippen LogP contribution < -0.4 is 0 Å². The maximum absolute atomic E-state index is 13.6. The number of aromatic nitrogens is 2. The van der Waals surface area contributed by atoms with E-state index in [1.165, 1.54) is 17.0 Å². The summed E-state index contributed by atoms with van der Waals surface area (Å²) in [6.07, 6.45) is -0.961. The van der Waals surface area contributed by atoms with Gasteiger partial charge in [0.25, 0.3) is 0 Å². The van der Waals surface area contributed by atoms with Crippen LogP contribution in [0.1, 0.15) is 32.5 Å². The highest BCUT2D eigenvalue weighted by molar-refractivity contribution is 6.74. The van der Waals surface area contributed by atoms with E-state index in [1.807, 2.05) is 10.7 Å². The van der Waals surface area contributed by atoms with Crippen LogP contribution in [0.25, 0.3) is 11.3 Å². The van der Waals surface area contributed by atoms with Crippen LogP contribution in [0.3, 0.4) is 0 Å². The van der Waals surface area contributed by atoms with Crippen molar-refractivity contribution in [2.24, 2.45) is 0 Å². The molecule has 0 aliphatic carbocycles. The van der Waals surface area contributed by atoms with Gasteiger partial charge in [0.15, 0.2) is 8.32 Å². The summed E-state index contributed by atoms with van der Waals surface area (Å²) in [4.78, 5) is 13.0. The molecular formula is C20H28FN3O3Si. The Bertz CT molecular complexity index is 876. The first-order valence-electron chi connectivity index (χ1n) is 9.44. The van der Waals surface area contributed by atoms with Gasteiger partial charge in [0.2, 0.25) is 0 Å². The molecule has 28 heavy (non-hydrogen) atoms. The minimum atomic E-state index is -1.98. The van der Waals surface area contributed by atoms with Gasteiger partial charge in [0.05, 0.1) is 30.6 Å². The molecule has 3 rings (SSSR count). The van der Waals surface area contributed by atoms with Crippen LogP contribution in [0, 0.1) is 5.82 Å². The second kappa shape index (κ2) is 7.33. The molecule has 0 saturated heterocycles. The molecule has 2 heterocycles. The van der Waals surface area contributed by atoms with E-state index in [0.29, 0.717) is 24.4 Å². The summed E-state index contributed by atoms with van der Waals surface area (Å²) in [6.45, 7) is 11.8. The molecular weight excluding hydrogens is 377 g/mol. The lowest BCUT2D eigenvalue weighted by Gasteiger charge is -2.39. The molecule has 1 aliphatic heterocycles. The summed E-state index contributed by atoms with van der Waals surface area (Å²) >= 11 is 0. The first-order chi connectivity index (χ1) is 13.0. The van der Waals surface area contributed by atoms with Gasteiger partial charge in [-0.3, -0.25) is 4.68 Å². The van der Waals surface area contributed by atoms with Gasteiger partial charge in [-0.1, -0.05) is 32.9 Å². The lowest BCUT2D eigenvalue weighted by Crippen LogP contribution is -2.46. The zero-order valence-electron chi connectivity index (χ0n) is 17.1. The van der Waals surface area contributed by atoms with Crippen LogP contribution >= 0.6 is 0 Å². The number of rotatable bonds is 4. The van der Waals surface area contributed by atoms with Crippen molar-refractivity contribution >= 4 is 14.4 Å². The number of halogens is 1. The average Bonchev–Trinajstić information content (AvgIpc) is 3.03. The minimum absolute atomic E-state index is 0.0633. The molecule has 1 atom stereocenters. The number of fused-ring (bicyclic) bond motifs is 1. The van der Waals surface area contributed by atoms with Gasteiger partial charge in [-0.25, -0.2) is 9.18 Å². The summed E-state index contributed by atoms with van der Waals surface area (Å²) in [5.74, 6) is -0.326. The van der Waals surface area contributed by atoms with E-state index in [0.717, 1.165) is 5.69 Å². The fourth-order valence-electron chi connectivity index (χ4n) is 3.04. The highest BCUT2D eigenvalue weighted by Gasteiger charge is 2.39. The van der Waals surface area contributed by atoms with Crippen LogP contribution in [0.15, 0.2) is 30.3 Å². The maximum atomic E-state index is 13.6. The number of hydrogen-bond acceptors (Lipinski definition) is 3. The van der Waals surface area contributed by atoms with Crippen molar-refractivity contribution in [3.63, 3.8) is 0 Å². The van der Waals surface area contributed by atoms with Crippen LogP contribution in [0.5, 0.6) is 0 Å². The quantitative estimate of drug-likeness (QED) is 0.746. The third-order valence-corrected chi connectivity index (χ3v) is 10.3. The largest absolute Gasteiger partial charge is 0.465 e. The lowest BCUT2D eigenvalue weighted by molar-refractivity contribution is 0.103. The summed E-state index contributed by atoms with van der Waals surface area (Å²) in [6, 6.07) is 7.89. The fraction of sp³-hybridized carbons (Fsp3) is 0.500. The van der Waals surface area contributed by atoms with E-state index in [-0.39, 0.29) is 23.4 Å². The van der Waals surface area contributed by atoms with Gasteiger partial charge < -0.3 is 14.4 Å². The molecule has 1 unspecified atom stereocenters. The predicted molar refractivity (Wildman–Crippen MR) is 108 cm³/mol. The first kappa shape index (κ1) is 20.5. The van der Waals surface area contributed by atoms with Crippen molar-refractivity contribution in [2.75, 3.05) is 13.2 Å². The van der Waals surface area contributed by atoms with E-state index < -0.39 is 14.4 Å². The summed E-state index contributed by atoms with van der Waals surface area (Å²) < 4.78 is 21.8. The van der Waals surface area contributed by atoms with Gasteiger partial charge in [-0.15, -0.1) is 0 Å². The monoisotopic (exact) mass is 405 g/mol. The van der Waals surface area contributed by atoms with Crippen LogP contribution in [0.4, 0.5) is 9.18 Å².